The van der Waals surface area contributed by atoms with Crippen LogP contribution in [0.3, 0.4) is 0 Å². The molecular weight excluding hydrogens is 440 g/mol. The van der Waals surface area contributed by atoms with E-state index in [1.165, 1.54) is 0 Å². The van der Waals surface area contributed by atoms with Crippen molar-refractivity contribution < 1.29 is 9.53 Å². The van der Waals surface area contributed by atoms with E-state index in [2.05, 4.69) is 60.3 Å². The lowest BCUT2D eigenvalue weighted by molar-refractivity contribution is -0.115. The lowest BCUT2D eigenvalue weighted by atomic mass is 10.3. The van der Waals surface area contributed by atoms with E-state index in [1.807, 2.05) is 25.1 Å². The van der Waals surface area contributed by atoms with Crippen molar-refractivity contribution in [3.05, 3.63) is 42.1 Å². The number of carbonyl (C=O) groups excluding carboxylic acids is 1. The molecule has 1 aliphatic heterocycles. The van der Waals surface area contributed by atoms with E-state index >= 15 is 0 Å². The number of piperazine rings is 1. The number of nitrogens with one attached hydrogen (secondary N) is 3. The lowest BCUT2D eigenvalue weighted by Gasteiger charge is -2.33. The highest BCUT2D eigenvalue weighted by atomic mass is 32.1. The predicted octanol–water partition coefficient (Wildman–Crippen LogP) is 3.05. The molecule has 174 valence electrons. The topological polar surface area (TPSA) is 111 Å². The summed E-state index contributed by atoms with van der Waals surface area (Å²) in [5, 5.41) is 13.2. The molecule has 2 aromatic heterocycles. The SMILES string of the molecule is Cc1cc(Nc2cc(N3CCN(C)CC3)nc(Oc3cccc(NC(=O)CCS)c3)n2)n[nH]1. The normalized spacial score (nSPS) is 14.2. The van der Waals surface area contributed by atoms with Crippen molar-refractivity contribution in [1.82, 2.24) is 25.1 Å². The maximum Gasteiger partial charge on any atom is 0.325 e. The maximum absolute atomic E-state index is 11.9. The van der Waals surface area contributed by atoms with Gasteiger partial charge in [0.25, 0.3) is 0 Å². The number of anilines is 4. The van der Waals surface area contributed by atoms with E-state index in [-0.39, 0.29) is 11.9 Å². The quantitative estimate of drug-likeness (QED) is 0.373. The fourth-order valence-electron chi connectivity index (χ4n) is 3.40. The van der Waals surface area contributed by atoms with Gasteiger partial charge in [-0.15, -0.1) is 0 Å². The Balaban J connectivity index is 1.57. The van der Waals surface area contributed by atoms with Crippen LogP contribution in [-0.2, 0) is 4.79 Å². The third kappa shape index (κ3) is 6.36. The van der Waals surface area contributed by atoms with Crippen molar-refractivity contribution in [3.63, 3.8) is 0 Å². The minimum Gasteiger partial charge on any atom is -0.424 e. The number of thiol groups is 1. The van der Waals surface area contributed by atoms with Gasteiger partial charge in [-0.3, -0.25) is 9.89 Å². The van der Waals surface area contributed by atoms with E-state index in [1.54, 1.807) is 18.2 Å². The number of nitrogens with zero attached hydrogens (tertiary/aromatic N) is 5. The number of aromatic amines is 1. The first-order valence-electron chi connectivity index (χ1n) is 10.8. The molecule has 4 rings (SSSR count). The minimum atomic E-state index is -0.101. The summed E-state index contributed by atoms with van der Waals surface area (Å²) in [7, 11) is 2.11. The zero-order valence-corrected chi connectivity index (χ0v) is 19.6. The Labute approximate surface area is 198 Å². The zero-order valence-electron chi connectivity index (χ0n) is 18.7. The van der Waals surface area contributed by atoms with Gasteiger partial charge < -0.3 is 25.2 Å². The second-order valence-corrected chi connectivity index (χ2v) is 8.34. The molecule has 0 spiro atoms. The average molecular weight is 469 g/mol. The van der Waals surface area contributed by atoms with Gasteiger partial charge in [0.2, 0.25) is 5.91 Å². The molecule has 33 heavy (non-hydrogen) atoms. The molecule has 3 aromatic rings. The summed E-state index contributed by atoms with van der Waals surface area (Å²) >= 11 is 4.10. The van der Waals surface area contributed by atoms with Crippen LogP contribution >= 0.6 is 12.6 Å². The monoisotopic (exact) mass is 468 g/mol. The number of aryl methyl sites for hydroxylation is 1. The Hall–Kier alpha value is -3.31. The number of carbonyl (C=O) groups is 1. The molecule has 1 amide bonds. The van der Waals surface area contributed by atoms with Crippen molar-refractivity contribution in [1.29, 1.82) is 0 Å². The predicted molar refractivity (Wildman–Crippen MR) is 132 cm³/mol. The van der Waals surface area contributed by atoms with Gasteiger partial charge in [-0.1, -0.05) is 6.07 Å². The van der Waals surface area contributed by atoms with Gasteiger partial charge in [-0.25, -0.2) is 0 Å². The van der Waals surface area contributed by atoms with E-state index < -0.39 is 0 Å². The number of likely N-dealkylation sites (N-methyl/N-ethyl adjacent to an activating group) is 1. The molecule has 0 aliphatic carbocycles. The maximum atomic E-state index is 11.9. The fourth-order valence-corrected chi connectivity index (χ4v) is 3.60. The smallest absolute Gasteiger partial charge is 0.325 e. The van der Waals surface area contributed by atoms with E-state index in [0.29, 0.717) is 35.2 Å². The van der Waals surface area contributed by atoms with Crippen LogP contribution in [0.2, 0.25) is 0 Å². The highest BCUT2D eigenvalue weighted by Gasteiger charge is 2.18. The van der Waals surface area contributed by atoms with Crippen molar-refractivity contribution >= 4 is 41.7 Å². The summed E-state index contributed by atoms with van der Waals surface area (Å²) < 4.78 is 6.00. The highest BCUT2D eigenvalue weighted by molar-refractivity contribution is 7.80. The largest absolute Gasteiger partial charge is 0.424 e. The third-order valence-corrected chi connectivity index (χ3v) is 5.37. The number of aromatic nitrogens is 4. The fraction of sp³-hybridized carbons (Fsp3) is 0.364. The molecule has 11 heteroatoms. The number of benzene rings is 1. The molecule has 0 atom stereocenters. The van der Waals surface area contributed by atoms with Crippen LogP contribution in [0.25, 0.3) is 0 Å². The molecule has 0 saturated carbocycles. The summed E-state index contributed by atoms with van der Waals surface area (Å²) in [5.41, 5.74) is 1.58. The van der Waals surface area contributed by atoms with Crippen LogP contribution in [0, 0.1) is 6.92 Å². The van der Waals surface area contributed by atoms with Gasteiger partial charge in [0.05, 0.1) is 0 Å². The molecule has 1 aliphatic rings. The van der Waals surface area contributed by atoms with Crippen LogP contribution in [0.4, 0.5) is 23.1 Å². The number of amides is 1. The van der Waals surface area contributed by atoms with Gasteiger partial charge in [0.1, 0.15) is 17.4 Å². The third-order valence-electron chi connectivity index (χ3n) is 5.15. The zero-order chi connectivity index (χ0) is 23.2. The number of ether oxygens (including phenoxy) is 1. The Morgan fingerprint density at radius 2 is 1.97 bits per heavy atom. The summed E-state index contributed by atoms with van der Waals surface area (Å²) in [5.74, 6) is 2.93. The second kappa shape index (κ2) is 10.5. The van der Waals surface area contributed by atoms with Crippen molar-refractivity contribution in [2.45, 2.75) is 13.3 Å². The van der Waals surface area contributed by atoms with Gasteiger partial charge in [-0.2, -0.15) is 27.7 Å². The second-order valence-electron chi connectivity index (χ2n) is 7.90. The van der Waals surface area contributed by atoms with Crippen LogP contribution in [0.5, 0.6) is 11.8 Å². The first kappa shape index (κ1) is 22.9. The van der Waals surface area contributed by atoms with Crippen molar-refractivity contribution in [2.75, 3.05) is 54.5 Å². The van der Waals surface area contributed by atoms with E-state index in [4.69, 9.17) is 4.74 Å². The number of rotatable bonds is 8. The molecule has 1 saturated heterocycles. The van der Waals surface area contributed by atoms with Crippen LogP contribution in [0.1, 0.15) is 12.1 Å². The Morgan fingerprint density at radius 3 is 2.70 bits per heavy atom. The minimum absolute atomic E-state index is 0.101. The van der Waals surface area contributed by atoms with Gasteiger partial charge in [-0.05, 0) is 31.9 Å². The van der Waals surface area contributed by atoms with Crippen LogP contribution in [0.15, 0.2) is 36.4 Å². The molecule has 10 nitrogen and oxygen atoms in total. The molecule has 3 heterocycles. The molecule has 1 aromatic carbocycles. The van der Waals surface area contributed by atoms with Gasteiger partial charge >= 0.3 is 6.01 Å². The Bertz CT molecular complexity index is 1100. The van der Waals surface area contributed by atoms with Crippen LogP contribution in [-0.4, -0.2) is 70.0 Å². The molecule has 1 fully saturated rings. The number of hydrogen-bond acceptors (Lipinski definition) is 9. The molecular formula is C22H28N8O2S. The van der Waals surface area contributed by atoms with Gasteiger partial charge in [0, 0.05) is 62.2 Å². The molecule has 3 N–H and O–H groups in total. The Kier molecular flexibility index (Phi) is 7.30. The highest BCUT2D eigenvalue weighted by Crippen LogP contribution is 2.27. The number of hydrogen-bond donors (Lipinski definition) is 4. The van der Waals surface area contributed by atoms with Gasteiger partial charge in [0.15, 0.2) is 5.82 Å². The number of H-pyrrole nitrogens is 1. The average Bonchev–Trinajstić information content (AvgIpc) is 3.19. The molecule has 0 radical (unpaired) electrons. The molecule has 0 bridgehead atoms. The van der Waals surface area contributed by atoms with E-state index in [0.717, 1.165) is 37.7 Å². The summed E-state index contributed by atoms with van der Waals surface area (Å²) in [4.78, 5) is 25.6. The standard InChI is InChI=1S/C22H28N8O2S/c1-15-12-19(28-27-15)24-18-14-20(30-9-7-29(2)8-10-30)26-22(25-18)32-17-5-3-4-16(13-17)23-21(31)6-11-33/h3-5,12-14,33H,6-11H2,1-2H3,(H,23,31)(H2,24,25,26,27,28). The molecule has 0 unspecified atom stereocenters. The van der Waals surface area contributed by atoms with Crippen LogP contribution < -0.4 is 20.3 Å². The van der Waals surface area contributed by atoms with E-state index in [9.17, 15) is 4.79 Å². The summed E-state index contributed by atoms with van der Waals surface area (Å²) in [6.45, 7) is 5.57. The first-order chi connectivity index (χ1) is 16.0. The first-order valence-corrected chi connectivity index (χ1v) is 11.4. The van der Waals surface area contributed by atoms with Crippen molar-refractivity contribution in [3.8, 4) is 11.8 Å². The van der Waals surface area contributed by atoms with Crippen molar-refractivity contribution in [2.24, 2.45) is 0 Å². The summed E-state index contributed by atoms with van der Waals surface area (Å²) in [6.07, 6.45) is 0.339. The summed E-state index contributed by atoms with van der Waals surface area (Å²) in [6, 6.07) is 11.2. The lowest BCUT2D eigenvalue weighted by Crippen LogP contribution is -2.44. The Morgan fingerprint density at radius 1 is 1.15 bits per heavy atom.